The second-order valence-electron chi connectivity index (χ2n) is 6.55. The van der Waals surface area contributed by atoms with E-state index in [1.165, 1.54) is 19.2 Å². The number of hydrogen-bond donors (Lipinski definition) is 1. The van der Waals surface area contributed by atoms with Crippen LogP contribution in [-0.4, -0.2) is 25.3 Å². The van der Waals surface area contributed by atoms with Crippen LogP contribution in [0.25, 0.3) is 0 Å². The van der Waals surface area contributed by atoms with Gasteiger partial charge in [-0.3, -0.25) is 4.79 Å². The van der Waals surface area contributed by atoms with Crippen LogP contribution in [0.1, 0.15) is 43.1 Å². The average Bonchev–Trinajstić information content (AvgIpc) is 2.65. The van der Waals surface area contributed by atoms with Crippen molar-refractivity contribution in [3.63, 3.8) is 0 Å². The van der Waals surface area contributed by atoms with Crippen LogP contribution in [-0.2, 0) is 0 Å². The monoisotopic (exact) mass is 372 g/mol. The number of carbonyl (C=O) groups is 1. The molecule has 0 atom stereocenters. The van der Waals surface area contributed by atoms with E-state index in [0.29, 0.717) is 40.9 Å². The Labute approximate surface area is 159 Å². The van der Waals surface area contributed by atoms with Crippen LogP contribution in [0.2, 0.25) is 0 Å². The summed E-state index contributed by atoms with van der Waals surface area (Å²) in [5.74, 6) is 0.871. The van der Waals surface area contributed by atoms with E-state index in [0.717, 1.165) is 6.42 Å². The maximum atomic E-state index is 13.3. The highest BCUT2D eigenvalue weighted by atomic mass is 19.1. The number of nitrogens with zero attached hydrogens (tertiary/aromatic N) is 1. The summed E-state index contributed by atoms with van der Waals surface area (Å²) in [7, 11) is 1.53. The molecule has 1 amide bonds. The average molecular weight is 372 g/mol. The van der Waals surface area contributed by atoms with Gasteiger partial charge in [0.1, 0.15) is 5.82 Å². The maximum absolute atomic E-state index is 13.3. The number of benzene rings is 2. The smallest absolute Gasteiger partial charge is 0.271 e. The van der Waals surface area contributed by atoms with E-state index in [2.05, 4.69) is 24.4 Å². The van der Waals surface area contributed by atoms with Crippen molar-refractivity contribution in [1.82, 2.24) is 5.43 Å². The summed E-state index contributed by atoms with van der Waals surface area (Å²) in [6.07, 6.45) is 0.930. The first kappa shape index (κ1) is 20.4. The summed E-state index contributed by atoms with van der Waals surface area (Å²) in [5.41, 5.74) is 3.97. The van der Waals surface area contributed by atoms with Crippen LogP contribution in [0.5, 0.6) is 11.5 Å². The third-order valence-electron chi connectivity index (χ3n) is 3.95. The molecule has 2 aromatic carbocycles. The quantitative estimate of drug-likeness (QED) is 0.551. The first-order chi connectivity index (χ1) is 12.9. The molecule has 0 saturated heterocycles. The lowest BCUT2D eigenvalue weighted by molar-refractivity contribution is 0.0954. The molecule has 6 heteroatoms. The molecule has 0 unspecified atom stereocenters. The molecule has 0 aliphatic heterocycles. The summed E-state index contributed by atoms with van der Waals surface area (Å²) >= 11 is 0. The predicted octanol–water partition coefficient (Wildman–Crippen LogP) is 4.41. The van der Waals surface area contributed by atoms with Crippen LogP contribution in [0.4, 0.5) is 4.39 Å². The summed E-state index contributed by atoms with van der Waals surface area (Å²) in [4.78, 5) is 12.3. The lowest BCUT2D eigenvalue weighted by Gasteiger charge is -2.12. The van der Waals surface area contributed by atoms with E-state index < -0.39 is 5.91 Å². The number of halogens is 1. The van der Waals surface area contributed by atoms with Crippen molar-refractivity contribution in [2.45, 2.75) is 27.2 Å². The number of carbonyl (C=O) groups excluding carboxylic acids is 1. The van der Waals surface area contributed by atoms with Gasteiger partial charge in [0.25, 0.3) is 5.91 Å². The second kappa shape index (κ2) is 9.71. The molecule has 0 fully saturated rings. The zero-order chi connectivity index (χ0) is 19.8. The number of nitrogens with one attached hydrogen (secondary N) is 1. The van der Waals surface area contributed by atoms with Gasteiger partial charge in [0.15, 0.2) is 11.5 Å². The van der Waals surface area contributed by atoms with Crippen LogP contribution in [0.3, 0.4) is 0 Å². The molecule has 0 aliphatic carbocycles. The van der Waals surface area contributed by atoms with Gasteiger partial charge in [-0.05, 0) is 49.6 Å². The van der Waals surface area contributed by atoms with Gasteiger partial charge in [0.2, 0.25) is 0 Å². The minimum absolute atomic E-state index is 0.355. The molecule has 2 rings (SSSR count). The van der Waals surface area contributed by atoms with E-state index >= 15 is 0 Å². The highest BCUT2D eigenvalue weighted by Crippen LogP contribution is 2.28. The lowest BCUT2D eigenvalue weighted by atomic mass is 10.1. The van der Waals surface area contributed by atoms with Crippen LogP contribution >= 0.6 is 0 Å². The zero-order valence-corrected chi connectivity index (χ0v) is 16.1. The van der Waals surface area contributed by atoms with E-state index in [-0.39, 0.29) is 5.82 Å². The van der Waals surface area contributed by atoms with Crippen molar-refractivity contribution in [3.05, 3.63) is 59.4 Å². The summed E-state index contributed by atoms with van der Waals surface area (Å²) < 4.78 is 24.3. The van der Waals surface area contributed by atoms with Gasteiger partial charge in [-0.1, -0.05) is 26.0 Å². The highest BCUT2D eigenvalue weighted by molar-refractivity contribution is 6.01. The number of amides is 1. The Kier molecular flexibility index (Phi) is 7.34. The molecule has 1 N–H and O–H groups in total. The molecule has 0 bridgehead atoms. The second-order valence-corrected chi connectivity index (χ2v) is 6.55. The largest absolute Gasteiger partial charge is 0.493 e. The van der Waals surface area contributed by atoms with E-state index in [4.69, 9.17) is 9.47 Å². The molecule has 0 radical (unpaired) electrons. The molecule has 0 spiro atoms. The Bertz CT molecular complexity index is 819. The zero-order valence-electron chi connectivity index (χ0n) is 16.1. The minimum Gasteiger partial charge on any atom is -0.493 e. The number of methoxy groups -OCH3 is 1. The van der Waals surface area contributed by atoms with Crippen LogP contribution in [0.15, 0.2) is 47.6 Å². The molecular weight excluding hydrogens is 347 g/mol. The van der Waals surface area contributed by atoms with E-state index in [1.807, 2.05) is 0 Å². The minimum atomic E-state index is -0.391. The Hall–Kier alpha value is -2.89. The summed E-state index contributed by atoms with van der Waals surface area (Å²) in [5, 5.41) is 4.04. The van der Waals surface area contributed by atoms with Crippen molar-refractivity contribution < 1.29 is 18.7 Å². The normalized spacial score (nSPS) is 11.4. The van der Waals surface area contributed by atoms with Crippen molar-refractivity contribution in [2.24, 2.45) is 11.0 Å². The first-order valence-electron chi connectivity index (χ1n) is 8.82. The standard InChI is InChI=1S/C21H25FN2O3/c1-14(2)10-11-27-19-9-8-17(13-20(19)26-4)21(25)24-23-15(3)16-6-5-7-18(22)12-16/h5-9,12-14H,10-11H2,1-4H3,(H,24,25)/b23-15+. The Morgan fingerprint density at radius 1 is 1.15 bits per heavy atom. The van der Waals surface area contributed by atoms with E-state index in [1.54, 1.807) is 37.3 Å². The van der Waals surface area contributed by atoms with Gasteiger partial charge in [0.05, 0.1) is 19.4 Å². The molecule has 2 aromatic rings. The van der Waals surface area contributed by atoms with Crippen molar-refractivity contribution in [1.29, 1.82) is 0 Å². The van der Waals surface area contributed by atoms with Crippen LogP contribution < -0.4 is 14.9 Å². The fourth-order valence-corrected chi connectivity index (χ4v) is 2.31. The third kappa shape index (κ3) is 6.09. The van der Waals surface area contributed by atoms with Gasteiger partial charge in [-0.15, -0.1) is 0 Å². The molecule has 0 aromatic heterocycles. The molecule has 0 aliphatic rings. The first-order valence-corrected chi connectivity index (χ1v) is 8.82. The highest BCUT2D eigenvalue weighted by Gasteiger charge is 2.11. The SMILES string of the molecule is COc1cc(C(=O)N/N=C(\C)c2cccc(F)c2)ccc1OCCC(C)C. The van der Waals surface area contributed by atoms with Gasteiger partial charge < -0.3 is 9.47 Å². The fraction of sp³-hybridized carbons (Fsp3) is 0.333. The number of ether oxygens (including phenoxy) is 2. The fourth-order valence-electron chi connectivity index (χ4n) is 2.31. The third-order valence-corrected chi connectivity index (χ3v) is 3.95. The van der Waals surface area contributed by atoms with Gasteiger partial charge in [-0.25, -0.2) is 9.82 Å². The van der Waals surface area contributed by atoms with Gasteiger partial charge in [-0.2, -0.15) is 5.10 Å². The molecular formula is C21H25FN2O3. The van der Waals surface area contributed by atoms with Crippen molar-refractivity contribution >= 4 is 11.6 Å². The van der Waals surface area contributed by atoms with Crippen molar-refractivity contribution in [2.75, 3.05) is 13.7 Å². The molecule has 0 saturated carbocycles. The topological polar surface area (TPSA) is 59.9 Å². The molecule has 27 heavy (non-hydrogen) atoms. The van der Waals surface area contributed by atoms with Crippen LogP contribution in [0, 0.1) is 11.7 Å². The number of hydrogen-bond acceptors (Lipinski definition) is 4. The number of rotatable bonds is 8. The Morgan fingerprint density at radius 3 is 2.59 bits per heavy atom. The van der Waals surface area contributed by atoms with E-state index in [9.17, 15) is 9.18 Å². The summed E-state index contributed by atoms with van der Waals surface area (Å²) in [6, 6.07) is 11.0. The predicted molar refractivity (Wildman–Crippen MR) is 104 cm³/mol. The Balaban J connectivity index is 2.06. The molecule has 0 heterocycles. The Morgan fingerprint density at radius 2 is 1.93 bits per heavy atom. The number of hydrazone groups is 1. The van der Waals surface area contributed by atoms with Gasteiger partial charge in [0, 0.05) is 11.1 Å². The van der Waals surface area contributed by atoms with Crippen molar-refractivity contribution in [3.8, 4) is 11.5 Å². The summed E-state index contributed by atoms with van der Waals surface area (Å²) in [6.45, 7) is 6.53. The molecule has 5 nitrogen and oxygen atoms in total. The van der Waals surface area contributed by atoms with Gasteiger partial charge >= 0.3 is 0 Å². The lowest BCUT2D eigenvalue weighted by Crippen LogP contribution is -2.19. The maximum Gasteiger partial charge on any atom is 0.271 e. The molecule has 144 valence electrons.